The monoisotopic (exact) mass is 325 g/mol. The van der Waals surface area contributed by atoms with Crippen molar-refractivity contribution in [3.63, 3.8) is 0 Å². The molecule has 2 aromatic rings. The third kappa shape index (κ3) is 2.92. The molecule has 1 aliphatic rings. The average Bonchev–Trinajstić information content (AvgIpc) is 2.99. The van der Waals surface area contributed by atoms with E-state index in [1.807, 2.05) is 0 Å². The van der Waals surface area contributed by atoms with Crippen LogP contribution >= 0.6 is 11.3 Å². The Morgan fingerprint density at radius 3 is 2.62 bits per heavy atom. The maximum Gasteiger partial charge on any atom is 0.264 e. The van der Waals surface area contributed by atoms with Crippen molar-refractivity contribution < 1.29 is 8.42 Å². The van der Waals surface area contributed by atoms with Crippen LogP contribution in [-0.2, 0) is 10.0 Å². The average molecular weight is 325 g/mol. The minimum Gasteiger partial charge on any atom is -0.268 e. The van der Waals surface area contributed by atoms with Gasteiger partial charge in [0.25, 0.3) is 15.6 Å². The minimum atomic E-state index is -3.41. The lowest BCUT2D eigenvalue weighted by atomic mass is 10.2. The summed E-state index contributed by atoms with van der Waals surface area (Å²) in [7, 11) is -3.41. The lowest BCUT2D eigenvalue weighted by Gasteiger charge is -2.25. The molecule has 0 atom stereocenters. The number of nitrogens with zero attached hydrogens (tertiary/aromatic N) is 2. The van der Waals surface area contributed by atoms with Gasteiger partial charge in [0, 0.05) is 30.1 Å². The van der Waals surface area contributed by atoms with Crippen LogP contribution in [0.25, 0.3) is 11.3 Å². The predicted molar refractivity (Wildman–Crippen MR) is 80.8 cm³/mol. The molecule has 0 aliphatic carbocycles. The molecular weight excluding hydrogens is 310 g/mol. The SMILES string of the molecule is O=c1ccc(-c2csc(S(=O)(=O)N3CCCCC3)c2)n[nH]1. The predicted octanol–water partition coefficient (Wildman–Crippen LogP) is 1.67. The first-order chi connectivity index (χ1) is 10.1. The Labute approximate surface area is 126 Å². The summed E-state index contributed by atoms with van der Waals surface area (Å²) in [6, 6.07) is 4.58. The molecule has 0 radical (unpaired) electrons. The summed E-state index contributed by atoms with van der Waals surface area (Å²) in [4.78, 5) is 11.0. The lowest BCUT2D eigenvalue weighted by molar-refractivity contribution is 0.347. The Bertz CT molecular complexity index is 768. The van der Waals surface area contributed by atoms with Gasteiger partial charge in [0.2, 0.25) is 0 Å². The Morgan fingerprint density at radius 1 is 1.19 bits per heavy atom. The highest BCUT2D eigenvalue weighted by molar-refractivity contribution is 7.91. The van der Waals surface area contributed by atoms with Crippen LogP contribution in [0.2, 0.25) is 0 Å². The highest BCUT2D eigenvalue weighted by Crippen LogP contribution is 2.30. The van der Waals surface area contributed by atoms with Gasteiger partial charge in [-0.05, 0) is 25.0 Å². The number of piperidine rings is 1. The summed E-state index contributed by atoms with van der Waals surface area (Å²) < 4.78 is 27.0. The molecule has 1 fully saturated rings. The van der Waals surface area contributed by atoms with Gasteiger partial charge in [-0.2, -0.15) is 9.40 Å². The van der Waals surface area contributed by atoms with Crippen LogP contribution in [0.3, 0.4) is 0 Å². The van der Waals surface area contributed by atoms with E-state index in [1.54, 1.807) is 21.8 Å². The van der Waals surface area contributed by atoms with Crippen molar-refractivity contribution >= 4 is 21.4 Å². The lowest BCUT2D eigenvalue weighted by Crippen LogP contribution is -2.35. The first-order valence-corrected chi connectivity index (χ1v) is 9.04. The van der Waals surface area contributed by atoms with Gasteiger partial charge in [0.05, 0.1) is 5.69 Å². The van der Waals surface area contributed by atoms with Crippen molar-refractivity contribution in [3.05, 3.63) is 33.9 Å². The number of nitrogens with one attached hydrogen (secondary N) is 1. The molecule has 0 bridgehead atoms. The number of sulfonamides is 1. The van der Waals surface area contributed by atoms with Crippen LogP contribution < -0.4 is 5.56 Å². The fourth-order valence-electron chi connectivity index (χ4n) is 2.32. The van der Waals surface area contributed by atoms with Crippen LogP contribution in [0.4, 0.5) is 0 Å². The van der Waals surface area contributed by atoms with E-state index in [-0.39, 0.29) is 5.56 Å². The second kappa shape index (κ2) is 5.70. The molecule has 0 saturated carbocycles. The van der Waals surface area contributed by atoms with Crippen molar-refractivity contribution in [3.8, 4) is 11.3 Å². The highest BCUT2D eigenvalue weighted by atomic mass is 32.2. The van der Waals surface area contributed by atoms with Gasteiger partial charge >= 0.3 is 0 Å². The van der Waals surface area contributed by atoms with E-state index < -0.39 is 10.0 Å². The van der Waals surface area contributed by atoms with Crippen LogP contribution in [-0.4, -0.2) is 36.0 Å². The molecule has 1 aliphatic heterocycles. The maximum atomic E-state index is 12.5. The summed E-state index contributed by atoms with van der Waals surface area (Å²) in [6.45, 7) is 1.18. The van der Waals surface area contributed by atoms with E-state index in [4.69, 9.17) is 0 Å². The Balaban J connectivity index is 1.90. The second-order valence-electron chi connectivity index (χ2n) is 4.93. The molecule has 6 nitrogen and oxygen atoms in total. The maximum absolute atomic E-state index is 12.5. The first-order valence-electron chi connectivity index (χ1n) is 6.72. The summed E-state index contributed by atoms with van der Waals surface area (Å²) in [5.41, 5.74) is 0.980. The van der Waals surface area contributed by atoms with Crippen LogP contribution in [0.15, 0.2) is 32.6 Å². The van der Waals surface area contributed by atoms with Crippen molar-refractivity contribution in [2.75, 3.05) is 13.1 Å². The molecule has 2 aromatic heterocycles. The molecule has 0 unspecified atom stereocenters. The Kier molecular flexibility index (Phi) is 3.92. The van der Waals surface area contributed by atoms with Gasteiger partial charge in [-0.3, -0.25) is 4.79 Å². The standard InChI is InChI=1S/C13H15N3O3S2/c17-12-5-4-11(14-15-12)10-8-13(20-9-10)21(18,19)16-6-2-1-3-7-16/h4-5,8-9H,1-3,6-7H2,(H,15,17). The number of hydrogen-bond acceptors (Lipinski definition) is 5. The Hall–Kier alpha value is -1.51. The van der Waals surface area contributed by atoms with Crippen LogP contribution in [0, 0.1) is 0 Å². The topological polar surface area (TPSA) is 83.1 Å². The number of aromatic nitrogens is 2. The third-order valence-corrected chi connectivity index (χ3v) is 6.77. The number of hydrogen-bond donors (Lipinski definition) is 1. The van der Waals surface area contributed by atoms with Gasteiger partial charge in [0.15, 0.2) is 0 Å². The zero-order chi connectivity index (χ0) is 14.9. The van der Waals surface area contributed by atoms with Crippen LogP contribution in [0.5, 0.6) is 0 Å². The largest absolute Gasteiger partial charge is 0.268 e. The number of H-pyrrole nitrogens is 1. The number of thiophene rings is 1. The van der Waals surface area contributed by atoms with Gasteiger partial charge in [-0.1, -0.05) is 6.42 Å². The van der Waals surface area contributed by atoms with E-state index in [2.05, 4.69) is 10.2 Å². The van der Waals surface area contributed by atoms with Gasteiger partial charge < -0.3 is 0 Å². The molecule has 1 saturated heterocycles. The fourth-order valence-corrected chi connectivity index (χ4v) is 5.17. The molecule has 1 N–H and O–H groups in total. The van der Waals surface area contributed by atoms with Crippen molar-refractivity contribution in [1.82, 2.24) is 14.5 Å². The van der Waals surface area contributed by atoms with E-state index >= 15 is 0 Å². The summed E-state index contributed by atoms with van der Waals surface area (Å²) >= 11 is 1.19. The summed E-state index contributed by atoms with van der Waals surface area (Å²) in [6.07, 6.45) is 2.92. The molecular formula is C13H15N3O3S2. The third-order valence-electron chi connectivity index (χ3n) is 3.46. The normalized spacial score (nSPS) is 17.0. The molecule has 8 heteroatoms. The second-order valence-corrected chi connectivity index (χ2v) is 8.00. The molecule has 0 amide bonds. The zero-order valence-electron chi connectivity index (χ0n) is 11.3. The van der Waals surface area contributed by atoms with E-state index in [0.717, 1.165) is 19.3 Å². The molecule has 21 heavy (non-hydrogen) atoms. The van der Waals surface area contributed by atoms with E-state index in [0.29, 0.717) is 28.6 Å². The summed E-state index contributed by atoms with van der Waals surface area (Å²) in [5.74, 6) is 0. The minimum absolute atomic E-state index is 0.282. The smallest absolute Gasteiger partial charge is 0.264 e. The molecule has 0 aromatic carbocycles. The molecule has 3 heterocycles. The Morgan fingerprint density at radius 2 is 1.95 bits per heavy atom. The summed E-state index contributed by atoms with van der Waals surface area (Å²) in [5, 5.41) is 8.01. The van der Waals surface area contributed by atoms with Gasteiger partial charge in [-0.15, -0.1) is 11.3 Å². The fraction of sp³-hybridized carbons (Fsp3) is 0.385. The highest BCUT2D eigenvalue weighted by Gasteiger charge is 2.27. The van der Waals surface area contributed by atoms with E-state index in [1.165, 1.54) is 17.4 Å². The van der Waals surface area contributed by atoms with E-state index in [9.17, 15) is 13.2 Å². The molecule has 3 rings (SSSR count). The molecule has 0 spiro atoms. The number of aromatic amines is 1. The molecule has 112 valence electrons. The zero-order valence-corrected chi connectivity index (χ0v) is 12.9. The number of rotatable bonds is 3. The van der Waals surface area contributed by atoms with Crippen molar-refractivity contribution in [1.29, 1.82) is 0 Å². The van der Waals surface area contributed by atoms with Crippen molar-refractivity contribution in [2.24, 2.45) is 0 Å². The first kappa shape index (κ1) is 14.4. The van der Waals surface area contributed by atoms with Crippen LogP contribution in [0.1, 0.15) is 19.3 Å². The van der Waals surface area contributed by atoms with Gasteiger partial charge in [0.1, 0.15) is 4.21 Å². The van der Waals surface area contributed by atoms with Crippen molar-refractivity contribution in [2.45, 2.75) is 23.5 Å². The van der Waals surface area contributed by atoms with Gasteiger partial charge in [-0.25, -0.2) is 13.5 Å². The quantitative estimate of drug-likeness (QED) is 0.930.